The highest BCUT2D eigenvalue weighted by Crippen LogP contribution is 2.29. The highest BCUT2D eigenvalue weighted by Gasteiger charge is 2.27. The van der Waals surface area contributed by atoms with Crippen molar-refractivity contribution in [1.82, 2.24) is 5.32 Å². The topological polar surface area (TPSA) is 95.9 Å². The van der Waals surface area contributed by atoms with E-state index < -0.39 is 17.6 Å². The molecule has 1 amide bonds. The van der Waals surface area contributed by atoms with Gasteiger partial charge >= 0.3 is 5.97 Å². The van der Waals surface area contributed by atoms with Crippen LogP contribution in [0.4, 0.5) is 0 Å². The SMILES string of the molecule is CC(C)(C)OC(=O)C(Cc1cc(I)c(O)c(I)c1)NC(=O)CCc1cc(I)c(O)c(I)c1. The smallest absolute Gasteiger partial charge is 0.329 e. The summed E-state index contributed by atoms with van der Waals surface area (Å²) in [5.74, 6) is -0.326. The lowest BCUT2D eigenvalue weighted by molar-refractivity contribution is -0.158. The van der Waals surface area contributed by atoms with E-state index >= 15 is 0 Å². The minimum Gasteiger partial charge on any atom is -0.506 e. The number of hydrogen-bond acceptors (Lipinski definition) is 5. The molecule has 32 heavy (non-hydrogen) atoms. The van der Waals surface area contributed by atoms with Crippen molar-refractivity contribution in [3.05, 3.63) is 49.7 Å². The Balaban J connectivity index is 2.15. The average molecular weight is 889 g/mol. The normalized spacial score (nSPS) is 12.3. The van der Waals surface area contributed by atoms with Crippen LogP contribution in [0.5, 0.6) is 11.5 Å². The molecule has 6 nitrogen and oxygen atoms in total. The lowest BCUT2D eigenvalue weighted by atomic mass is 10.0. The first-order valence-corrected chi connectivity index (χ1v) is 13.9. The van der Waals surface area contributed by atoms with Crippen LogP contribution < -0.4 is 5.32 Å². The van der Waals surface area contributed by atoms with Gasteiger partial charge in [-0.2, -0.15) is 0 Å². The van der Waals surface area contributed by atoms with Crippen molar-refractivity contribution in [2.45, 2.75) is 51.7 Å². The fourth-order valence-corrected chi connectivity index (χ4v) is 6.62. The molecule has 0 spiro atoms. The molecule has 174 valence electrons. The molecule has 2 aromatic rings. The average Bonchev–Trinajstić information content (AvgIpc) is 2.66. The van der Waals surface area contributed by atoms with Crippen molar-refractivity contribution in [2.75, 3.05) is 0 Å². The third-order valence-electron chi connectivity index (χ3n) is 4.26. The molecule has 0 aliphatic rings. The van der Waals surface area contributed by atoms with Crippen LogP contribution in [0.15, 0.2) is 24.3 Å². The zero-order valence-electron chi connectivity index (χ0n) is 17.6. The minimum atomic E-state index is -0.849. The van der Waals surface area contributed by atoms with Gasteiger partial charge in [0.2, 0.25) is 5.91 Å². The van der Waals surface area contributed by atoms with Gasteiger partial charge in [-0.1, -0.05) is 0 Å². The number of phenolic OH excluding ortho intramolecular Hbond substituents is 2. The molecular weight excluding hydrogens is 866 g/mol. The molecule has 10 heteroatoms. The van der Waals surface area contributed by atoms with E-state index in [1.54, 1.807) is 32.9 Å². The molecule has 0 aromatic heterocycles. The Morgan fingerprint density at radius 1 is 0.906 bits per heavy atom. The predicted molar refractivity (Wildman–Crippen MR) is 157 cm³/mol. The number of hydrogen-bond donors (Lipinski definition) is 3. The van der Waals surface area contributed by atoms with Gasteiger partial charge in [0.05, 0.1) is 14.3 Å². The second-order valence-corrected chi connectivity index (χ2v) is 12.8. The van der Waals surface area contributed by atoms with Gasteiger partial charge in [-0.3, -0.25) is 4.79 Å². The van der Waals surface area contributed by atoms with Crippen LogP contribution >= 0.6 is 90.4 Å². The standard InChI is InChI=1S/C22H23I4NO5/c1-22(2,3)32-21(31)17(10-12-8-15(25)20(30)16(26)9-12)27-18(28)5-4-11-6-13(23)19(29)14(24)7-11/h6-9,17,29-30H,4-5,10H2,1-3H3,(H,27,28). The molecule has 0 aliphatic heterocycles. The highest BCUT2D eigenvalue weighted by atomic mass is 127. The number of phenols is 2. The number of amides is 1. The number of aryl methyl sites for hydroxylation is 1. The zero-order chi connectivity index (χ0) is 24.2. The van der Waals surface area contributed by atoms with E-state index in [1.807, 2.05) is 57.3 Å². The third-order valence-corrected chi connectivity index (χ3v) is 7.55. The molecule has 2 rings (SSSR count). The van der Waals surface area contributed by atoms with Gasteiger partial charge in [0.1, 0.15) is 23.1 Å². The number of carbonyl (C=O) groups is 2. The van der Waals surface area contributed by atoms with Crippen molar-refractivity contribution in [2.24, 2.45) is 0 Å². The number of halogens is 4. The second kappa shape index (κ2) is 12.0. The van der Waals surface area contributed by atoms with Gasteiger partial charge < -0.3 is 20.3 Å². The number of nitrogens with one attached hydrogen (secondary N) is 1. The van der Waals surface area contributed by atoms with E-state index in [4.69, 9.17) is 4.74 Å². The first kappa shape index (κ1) is 28.1. The van der Waals surface area contributed by atoms with E-state index in [-0.39, 0.29) is 30.2 Å². The summed E-state index contributed by atoms with van der Waals surface area (Å²) in [4.78, 5) is 25.5. The molecule has 0 aliphatic carbocycles. The Hall–Kier alpha value is -0.100. The van der Waals surface area contributed by atoms with Gasteiger partial charge in [0, 0.05) is 12.8 Å². The Kier molecular flexibility index (Phi) is 10.6. The molecular formula is C22H23I4NO5. The summed E-state index contributed by atoms with van der Waals surface area (Å²) in [6.45, 7) is 5.35. The number of benzene rings is 2. The molecule has 0 fully saturated rings. The fourth-order valence-electron chi connectivity index (χ4n) is 2.82. The number of ether oxygens (including phenoxy) is 1. The number of esters is 1. The van der Waals surface area contributed by atoms with E-state index in [2.05, 4.69) is 50.5 Å². The van der Waals surface area contributed by atoms with Crippen LogP contribution in [0.3, 0.4) is 0 Å². The van der Waals surface area contributed by atoms with Crippen molar-refractivity contribution < 1.29 is 24.5 Å². The van der Waals surface area contributed by atoms with E-state index in [0.29, 0.717) is 13.6 Å². The number of aromatic hydroxyl groups is 2. The van der Waals surface area contributed by atoms with Gasteiger partial charge in [0.15, 0.2) is 0 Å². The Bertz CT molecular complexity index is 974. The number of rotatable bonds is 7. The van der Waals surface area contributed by atoms with E-state index in [1.165, 1.54) is 0 Å². The van der Waals surface area contributed by atoms with Gasteiger partial charge in [-0.05, 0) is 153 Å². The van der Waals surface area contributed by atoms with Crippen LogP contribution in [-0.4, -0.2) is 33.7 Å². The molecule has 0 heterocycles. The summed E-state index contributed by atoms with van der Waals surface area (Å²) < 4.78 is 8.34. The van der Waals surface area contributed by atoms with E-state index in [9.17, 15) is 19.8 Å². The van der Waals surface area contributed by atoms with Crippen molar-refractivity contribution in [1.29, 1.82) is 0 Å². The summed E-state index contributed by atoms with van der Waals surface area (Å²) in [7, 11) is 0. The fraction of sp³-hybridized carbons (Fsp3) is 0.364. The molecule has 0 saturated heterocycles. The lowest BCUT2D eigenvalue weighted by Crippen LogP contribution is -2.45. The Morgan fingerprint density at radius 3 is 1.78 bits per heavy atom. The quantitative estimate of drug-likeness (QED) is 0.252. The maximum Gasteiger partial charge on any atom is 0.329 e. The van der Waals surface area contributed by atoms with Gasteiger partial charge in [-0.25, -0.2) is 4.79 Å². The predicted octanol–water partition coefficient (Wildman–Crippen LogP) is 5.52. The third kappa shape index (κ3) is 8.60. The van der Waals surface area contributed by atoms with E-state index in [0.717, 1.165) is 18.3 Å². The maximum atomic E-state index is 12.8. The number of carbonyl (C=O) groups excluding carboxylic acids is 2. The minimum absolute atomic E-state index is 0.195. The van der Waals surface area contributed by atoms with Gasteiger partial charge in [-0.15, -0.1) is 0 Å². The molecule has 1 unspecified atom stereocenters. The second-order valence-electron chi connectivity index (χ2n) is 8.17. The summed E-state index contributed by atoms with van der Waals surface area (Å²) in [5, 5.41) is 22.7. The Labute approximate surface area is 242 Å². The molecule has 0 saturated carbocycles. The van der Waals surface area contributed by atoms with Gasteiger partial charge in [0.25, 0.3) is 0 Å². The maximum absolute atomic E-state index is 12.8. The van der Waals surface area contributed by atoms with Crippen molar-refractivity contribution in [3.8, 4) is 11.5 Å². The summed E-state index contributed by atoms with van der Waals surface area (Å²) in [5.41, 5.74) is 1.07. The molecule has 0 radical (unpaired) electrons. The first-order valence-electron chi connectivity index (χ1n) is 9.63. The monoisotopic (exact) mass is 889 g/mol. The summed E-state index contributed by atoms with van der Waals surface area (Å²) >= 11 is 8.19. The van der Waals surface area contributed by atoms with Crippen molar-refractivity contribution >= 4 is 102 Å². The van der Waals surface area contributed by atoms with Crippen LogP contribution in [0.25, 0.3) is 0 Å². The van der Waals surface area contributed by atoms with Crippen LogP contribution in [0.2, 0.25) is 0 Å². The lowest BCUT2D eigenvalue weighted by Gasteiger charge is -2.25. The first-order chi connectivity index (χ1) is 14.8. The summed E-state index contributed by atoms with van der Waals surface area (Å²) in [6, 6.07) is 6.43. The van der Waals surface area contributed by atoms with Crippen molar-refractivity contribution in [3.63, 3.8) is 0 Å². The molecule has 3 N–H and O–H groups in total. The van der Waals surface area contributed by atoms with Crippen LogP contribution in [0.1, 0.15) is 38.3 Å². The molecule has 2 aromatic carbocycles. The zero-order valence-corrected chi connectivity index (χ0v) is 26.3. The largest absolute Gasteiger partial charge is 0.506 e. The van der Waals surface area contributed by atoms with Crippen LogP contribution in [0, 0.1) is 14.3 Å². The summed E-state index contributed by atoms with van der Waals surface area (Å²) in [6.07, 6.45) is 0.928. The Morgan fingerprint density at radius 2 is 1.34 bits per heavy atom. The van der Waals surface area contributed by atoms with Crippen LogP contribution in [-0.2, 0) is 27.2 Å². The molecule has 1 atom stereocenters. The molecule has 0 bridgehead atoms. The highest BCUT2D eigenvalue weighted by molar-refractivity contribution is 14.1.